The molecule has 10 heteroatoms. The van der Waals surface area contributed by atoms with Gasteiger partial charge >= 0.3 is 0 Å². The molecular formula is C18H17N5O4S. The van der Waals surface area contributed by atoms with Gasteiger partial charge in [-0.2, -0.15) is 0 Å². The summed E-state index contributed by atoms with van der Waals surface area (Å²) < 4.78 is 7.43. The molecule has 1 amide bonds. The predicted octanol–water partition coefficient (Wildman–Crippen LogP) is 3.03. The van der Waals surface area contributed by atoms with Crippen LogP contribution in [0.4, 0.5) is 11.4 Å². The van der Waals surface area contributed by atoms with Gasteiger partial charge in [0.25, 0.3) is 5.69 Å². The number of rotatable bonds is 8. The van der Waals surface area contributed by atoms with Crippen LogP contribution in [0, 0.1) is 10.1 Å². The van der Waals surface area contributed by atoms with E-state index in [9.17, 15) is 14.9 Å². The predicted molar refractivity (Wildman–Crippen MR) is 104 cm³/mol. The molecule has 0 fully saturated rings. The van der Waals surface area contributed by atoms with E-state index >= 15 is 0 Å². The number of carbonyl (C=O) groups is 1. The number of ether oxygens (including phenoxy) is 1. The van der Waals surface area contributed by atoms with Crippen LogP contribution >= 0.6 is 11.8 Å². The summed E-state index contributed by atoms with van der Waals surface area (Å²) in [6.07, 6.45) is 0. The van der Waals surface area contributed by atoms with Gasteiger partial charge in [0.2, 0.25) is 5.91 Å². The second kappa shape index (κ2) is 9.00. The summed E-state index contributed by atoms with van der Waals surface area (Å²) in [5.41, 5.74) is 0.461. The summed E-state index contributed by atoms with van der Waals surface area (Å²) in [6.45, 7) is 0.267. The third-order valence-corrected chi connectivity index (χ3v) is 4.75. The van der Waals surface area contributed by atoms with Crippen molar-refractivity contribution >= 4 is 29.0 Å². The molecule has 28 heavy (non-hydrogen) atoms. The number of aromatic nitrogens is 3. The van der Waals surface area contributed by atoms with Gasteiger partial charge in [0.1, 0.15) is 12.4 Å². The number of thioether (sulfide) groups is 1. The van der Waals surface area contributed by atoms with Crippen molar-refractivity contribution in [2.75, 3.05) is 11.1 Å². The number of hydrogen-bond donors (Lipinski definition) is 1. The lowest BCUT2D eigenvalue weighted by molar-refractivity contribution is -0.384. The molecule has 2 aromatic carbocycles. The van der Waals surface area contributed by atoms with Gasteiger partial charge in [-0.1, -0.05) is 30.0 Å². The Hall–Kier alpha value is -3.40. The van der Waals surface area contributed by atoms with Crippen molar-refractivity contribution in [3.05, 3.63) is 70.5 Å². The van der Waals surface area contributed by atoms with Crippen molar-refractivity contribution in [1.29, 1.82) is 0 Å². The Labute approximate surface area is 164 Å². The first kappa shape index (κ1) is 19.4. The Morgan fingerprint density at radius 2 is 1.89 bits per heavy atom. The normalized spacial score (nSPS) is 10.5. The average molecular weight is 399 g/mol. The highest BCUT2D eigenvalue weighted by atomic mass is 32.2. The highest BCUT2D eigenvalue weighted by Crippen LogP contribution is 2.19. The van der Waals surface area contributed by atoms with E-state index in [1.165, 1.54) is 36.0 Å². The van der Waals surface area contributed by atoms with Crippen molar-refractivity contribution in [2.45, 2.75) is 11.8 Å². The molecule has 0 aliphatic rings. The number of carbonyl (C=O) groups excluding carboxylic acids is 1. The van der Waals surface area contributed by atoms with Crippen molar-refractivity contribution in [2.24, 2.45) is 7.05 Å². The molecule has 0 saturated heterocycles. The number of para-hydroxylation sites is 1. The minimum absolute atomic E-state index is 0.0308. The SMILES string of the molecule is Cn1c(COc2ccccc2)nnc1SCC(=O)Nc1ccc([N+](=O)[O-])cc1. The molecular weight excluding hydrogens is 382 g/mol. The van der Waals surface area contributed by atoms with Gasteiger partial charge in [0.15, 0.2) is 11.0 Å². The lowest BCUT2D eigenvalue weighted by atomic mass is 10.3. The van der Waals surface area contributed by atoms with Gasteiger partial charge in [0.05, 0.1) is 10.7 Å². The zero-order chi connectivity index (χ0) is 19.9. The maximum atomic E-state index is 12.1. The van der Waals surface area contributed by atoms with E-state index in [0.717, 1.165) is 5.75 Å². The van der Waals surface area contributed by atoms with Crippen molar-refractivity contribution in [3.63, 3.8) is 0 Å². The smallest absolute Gasteiger partial charge is 0.269 e. The molecule has 0 spiro atoms. The minimum atomic E-state index is -0.491. The standard InChI is InChI=1S/C18H17N5O4S/c1-22-16(11-27-15-5-3-2-4-6-15)20-21-18(22)28-12-17(24)19-13-7-9-14(10-8-13)23(25)26/h2-10H,11-12H2,1H3,(H,19,24). The topological polar surface area (TPSA) is 112 Å². The lowest BCUT2D eigenvalue weighted by Crippen LogP contribution is -2.14. The second-order valence-electron chi connectivity index (χ2n) is 5.70. The third kappa shape index (κ3) is 5.07. The fourth-order valence-corrected chi connectivity index (χ4v) is 2.98. The molecule has 1 heterocycles. The molecule has 0 aliphatic heterocycles. The van der Waals surface area contributed by atoms with Crippen molar-refractivity contribution < 1.29 is 14.5 Å². The molecule has 0 atom stereocenters. The molecule has 0 aliphatic carbocycles. The van der Waals surface area contributed by atoms with Gasteiger partial charge in [0, 0.05) is 24.9 Å². The third-order valence-electron chi connectivity index (χ3n) is 3.73. The summed E-state index contributed by atoms with van der Waals surface area (Å²) >= 11 is 1.24. The number of anilines is 1. The van der Waals surface area contributed by atoms with Gasteiger partial charge in [-0.15, -0.1) is 10.2 Å². The van der Waals surface area contributed by atoms with E-state index in [1.807, 2.05) is 30.3 Å². The van der Waals surface area contributed by atoms with Crippen molar-refractivity contribution in [1.82, 2.24) is 14.8 Å². The van der Waals surface area contributed by atoms with Crippen LogP contribution in [-0.2, 0) is 18.4 Å². The van der Waals surface area contributed by atoms with Crippen LogP contribution in [0.2, 0.25) is 0 Å². The van der Waals surface area contributed by atoms with Crippen LogP contribution in [0.3, 0.4) is 0 Å². The maximum Gasteiger partial charge on any atom is 0.269 e. The Bertz CT molecular complexity index is 960. The number of nitro groups is 1. The van der Waals surface area contributed by atoms with Gasteiger partial charge < -0.3 is 14.6 Å². The van der Waals surface area contributed by atoms with Crippen LogP contribution < -0.4 is 10.1 Å². The zero-order valence-corrected chi connectivity index (χ0v) is 15.8. The molecule has 0 radical (unpaired) electrons. The average Bonchev–Trinajstić information content (AvgIpc) is 3.05. The molecule has 0 saturated carbocycles. The fraction of sp³-hybridized carbons (Fsp3) is 0.167. The number of non-ortho nitro benzene ring substituents is 1. The fourth-order valence-electron chi connectivity index (χ4n) is 2.25. The monoisotopic (exact) mass is 399 g/mol. The number of amides is 1. The number of nitrogens with zero attached hydrogens (tertiary/aromatic N) is 4. The van der Waals surface area contributed by atoms with E-state index < -0.39 is 4.92 Å². The zero-order valence-electron chi connectivity index (χ0n) is 14.9. The molecule has 3 rings (SSSR count). The van der Waals surface area contributed by atoms with E-state index in [-0.39, 0.29) is 24.0 Å². The number of nitro benzene ring substituents is 1. The van der Waals surface area contributed by atoms with E-state index in [2.05, 4.69) is 15.5 Å². The highest BCUT2D eigenvalue weighted by molar-refractivity contribution is 7.99. The molecule has 0 bridgehead atoms. The summed E-state index contributed by atoms with van der Waals surface area (Å²) in [5, 5.41) is 22.1. The van der Waals surface area contributed by atoms with Gasteiger partial charge in [-0.3, -0.25) is 14.9 Å². The lowest BCUT2D eigenvalue weighted by Gasteiger charge is -2.07. The minimum Gasteiger partial charge on any atom is -0.486 e. The summed E-state index contributed by atoms with van der Waals surface area (Å²) in [6, 6.07) is 15.0. The number of hydrogen-bond acceptors (Lipinski definition) is 7. The summed E-state index contributed by atoms with van der Waals surface area (Å²) in [5.74, 6) is 1.26. The van der Waals surface area contributed by atoms with Gasteiger partial charge in [-0.25, -0.2) is 0 Å². The van der Waals surface area contributed by atoms with Crippen LogP contribution in [0.5, 0.6) is 5.75 Å². The molecule has 0 unspecified atom stereocenters. The van der Waals surface area contributed by atoms with Crippen LogP contribution in [0.25, 0.3) is 0 Å². The Morgan fingerprint density at radius 1 is 1.18 bits per heavy atom. The summed E-state index contributed by atoms with van der Waals surface area (Å²) in [7, 11) is 1.81. The summed E-state index contributed by atoms with van der Waals surface area (Å²) in [4.78, 5) is 22.2. The Balaban J connectivity index is 1.50. The highest BCUT2D eigenvalue weighted by Gasteiger charge is 2.13. The largest absolute Gasteiger partial charge is 0.486 e. The number of benzene rings is 2. The Kier molecular flexibility index (Phi) is 6.22. The van der Waals surface area contributed by atoms with Crippen LogP contribution in [-0.4, -0.2) is 31.3 Å². The van der Waals surface area contributed by atoms with E-state index in [1.54, 1.807) is 11.6 Å². The maximum absolute atomic E-state index is 12.1. The molecule has 1 aromatic heterocycles. The molecule has 1 N–H and O–H groups in total. The first-order valence-electron chi connectivity index (χ1n) is 8.26. The van der Waals surface area contributed by atoms with E-state index in [4.69, 9.17) is 4.74 Å². The van der Waals surface area contributed by atoms with Crippen molar-refractivity contribution in [3.8, 4) is 5.75 Å². The molecule has 9 nitrogen and oxygen atoms in total. The quantitative estimate of drug-likeness (QED) is 0.352. The van der Waals surface area contributed by atoms with Gasteiger partial charge in [-0.05, 0) is 24.3 Å². The Morgan fingerprint density at radius 3 is 2.57 bits per heavy atom. The second-order valence-corrected chi connectivity index (χ2v) is 6.64. The first-order valence-corrected chi connectivity index (χ1v) is 9.24. The van der Waals surface area contributed by atoms with Crippen LogP contribution in [0.1, 0.15) is 5.82 Å². The first-order chi connectivity index (χ1) is 13.5. The number of nitrogens with one attached hydrogen (secondary N) is 1. The van der Waals surface area contributed by atoms with E-state index in [0.29, 0.717) is 16.7 Å². The molecule has 144 valence electrons. The molecule has 3 aromatic rings. The van der Waals surface area contributed by atoms with Crippen LogP contribution in [0.15, 0.2) is 59.8 Å².